The average molecular weight is 198 g/mol. The van der Waals surface area contributed by atoms with Crippen LogP contribution in [0.2, 0.25) is 0 Å². The van der Waals surface area contributed by atoms with Gasteiger partial charge in [-0.1, -0.05) is 5.16 Å². The van der Waals surface area contributed by atoms with Gasteiger partial charge in [0.05, 0.1) is 19.7 Å². The van der Waals surface area contributed by atoms with Gasteiger partial charge in [-0.05, 0) is 7.05 Å². The number of rotatable bonds is 5. The molecule has 0 unspecified atom stereocenters. The van der Waals surface area contributed by atoms with Gasteiger partial charge in [0.15, 0.2) is 0 Å². The molecule has 0 aromatic carbocycles. The molecule has 5 nitrogen and oxygen atoms in total. The highest BCUT2D eigenvalue weighted by molar-refractivity contribution is 5.69. The van der Waals surface area contributed by atoms with Crippen LogP contribution in [0.25, 0.3) is 0 Å². The molecule has 0 radical (unpaired) electrons. The van der Waals surface area contributed by atoms with Gasteiger partial charge in [-0.15, -0.1) is 0 Å². The first kappa shape index (κ1) is 10.7. The van der Waals surface area contributed by atoms with E-state index >= 15 is 0 Å². The Balaban J connectivity index is 2.22. The van der Waals surface area contributed by atoms with Crippen molar-refractivity contribution in [2.75, 3.05) is 20.7 Å². The molecule has 0 saturated carbocycles. The zero-order valence-electron chi connectivity index (χ0n) is 8.40. The number of nitrogens with zero attached hydrogens (tertiary/aromatic N) is 2. The SMILES string of the molecule is COC(=O)CCN(C)Cc1cnoc1. The normalized spacial score (nSPS) is 10.5. The molecule has 0 aliphatic rings. The molecule has 0 saturated heterocycles. The lowest BCUT2D eigenvalue weighted by molar-refractivity contribution is -0.140. The minimum atomic E-state index is -0.192. The summed E-state index contributed by atoms with van der Waals surface area (Å²) in [5.41, 5.74) is 0.998. The third-order valence-corrected chi connectivity index (χ3v) is 1.86. The largest absolute Gasteiger partial charge is 0.469 e. The Morgan fingerprint density at radius 1 is 1.71 bits per heavy atom. The maximum Gasteiger partial charge on any atom is 0.306 e. The second kappa shape index (κ2) is 5.39. The number of esters is 1. The van der Waals surface area contributed by atoms with Crippen molar-refractivity contribution in [3.63, 3.8) is 0 Å². The first-order valence-corrected chi connectivity index (χ1v) is 4.36. The van der Waals surface area contributed by atoms with Gasteiger partial charge in [-0.25, -0.2) is 0 Å². The van der Waals surface area contributed by atoms with Crippen LogP contribution in [-0.4, -0.2) is 36.7 Å². The van der Waals surface area contributed by atoms with Gasteiger partial charge in [0.25, 0.3) is 0 Å². The number of carbonyl (C=O) groups is 1. The van der Waals surface area contributed by atoms with Crippen LogP contribution in [-0.2, 0) is 16.1 Å². The van der Waals surface area contributed by atoms with E-state index in [0.717, 1.165) is 12.1 Å². The van der Waals surface area contributed by atoms with Crippen LogP contribution in [0.1, 0.15) is 12.0 Å². The van der Waals surface area contributed by atoms with E-state index in [2.05, 4.69) is 9.89 Å². The molecule has 1 aromatic rings. The first-order valence-electron chi connectivity index (χ1n) is 4.36. The fraction of sp³-hybridized carbons (Fsp3) is 0.556. The Kier molecular flexibility index (Phi) is 4.12. The van der Waals surface area contributed by atoms with Gasteiger partial charge in [0, 0.05) is 18.7 Å². The molecule has 0 spiro atoms. The lowest BCUT2D eigenvalue weighted by Gasteiger charge is -2.13. The topological polar surface area (TPSA) is 55.6 Å². The Hall–Kier alpha value is -1.36. The maximum absolute atomic E-state index is 10.8. The second-order valence-corrected chi connectivity index (χ2v) is 3.10. The zero-order valence-corrected chi connectivity index (χ0v) is 8.40. The van der Waals surface area contributed by atoms with Gasteiger partial charge in [0.1, 0.15) is 6.26 Å². The molecule has 1 rings (SSSR count). The molecule has 78 valence electrons. The van der Waals surface area contributed by atoms with Crippen LogP contribution in [0.3, 0.4) is 0 Å². The minimum absolute atomic E-state index is 0.192. The summed E-state index contributed by atoms with van der Waals surface area (Å²) in [5.74, 6) is -0.192. The molecule has 14 heavy (non-hydrogen) atoms. The fourth-order valence-electron chi connectivity index (χ4n) is 1.08. The number of carbonyl (C=O) groups excluding carboxylic acids is 1. The maximum atomic E-state index is 10.8. The van der Waals surface area contributed by atoms with Crippen molar-refractivity contribution in [1.29, 1.82) is 0 Å². The molecule has 1 aromatic heterocycles. The smallest absolute Gasteiger partial charge is 0.306 e. The molecule has 0 aliphatic carbocycles. The lowest BCUT2D eigenvalue weighted by atomic mass is 10.3. The summed E-state index contributed by atoms with van der Waals surface area (Å²) >= 11 is 0. The van der Waals surface area contributed by atoms with Crippen LogP contribution < -0.4 is 0 Å². The van der Waals surface area contributed by atoms with Crippen LogP contribution in [0.4, 0.5) is 0 Å². The molecule has 0 bridgehead atoms. The quantitative estimate of drug-likeness (QED) is 0.651. The average Bonchev–Trinajstić information content (AvgIpc) is 2.66. The van der Waals surface area contributed by atoms with E-state index in [0.29, 0.717) is 13.0 Å². The van der Waals surface area contributed by atoms with E-state index in [1.165, 1.54) is 7.11 Å². The summed E-state index contributed by atoms with van der Waals surface area (Å²) in [7, 11) is 3.32. The molecule has 1 heterocycles. The van der Waals surface area contributed by atoms with Crippen molar-refractivity contribution in [3.8, 4) is 0 Å². The van der Waals surface area contributed by atoms with E-state index in [1.54, 1.807) is 12.5 Å². The highest BCUT2D eigenvalue weighted by Crippen LogP contribution is 2.01. The predicted octanol–water partition coefficient (Wildman–Crippen LogP) is 0.669. The number of hydrogen-bond acceptors (Lipinski definition) is 5. The van der Waals surface area contributed by atoms with Gasteiger partial charge >= 0.3 is 5.97 Å². The summed E-state index contributed by atoms with van der Waals surface area (Å²) in [6, 6.07) is 0. The summed E-state index contributed by atoms with van der Waals surface area (Å²) in [6.07, 6.45) is 3.65. The standard InChI is InChI=1S/C9H14N2O3/c1-11(4-3-9(12)13-2)6-8-5-10-14-7-8/h5,7H,3-4,6H2,1-2H3. The van der Waals surface area contributed by atoms with Crippen molar-refractivity contribution in [1.82, 2.24) is 10.1 Å². The van der Waals surface area contributed by atoms with Gasteiger partial charge < -0.3 is 14.2 Å². The third-order valence-electron chi connectivity index (χ3n) is 1.86. The van der Waals surface area contributed by atoms with Crippen LogP contribution in [0, 0.1) is 0 Å². The van der Waals surface area contributed by atoms with Crippen molar-refractivity contribution in [2.45, 2.75) is 13.0 Å². The van der Waals surface area contributed by atoms with Crippen molar-refractivity contribution in [3.05, 3.63) is 18.0 Å². The lowest BCUT2D eigenvalue weighted by Crippen LogP contribution is -2.21. The van der Waals surface area contributed by atoms with Crippen molar-refractivity contribution < 1.29 is 14.1 Å². The summed E-state index contributed by atoms with van der Waals surface area (Å²) in [4.78, 5) is 12.8. The van der Waals surface area contributed by atoms with E-state index in [9.17, 15) is 4.79 Å². The molecule has 5 heteroatoms. The number of ether oxygens (including phenoxy) is 1. The molecule has 0 N–H and O–H groups in total. The highest BCUT2D eigenvalue weighted by Gasteiger charge is 2.05. The van der Waals surface area contributed by atoms with Gasteiger partial charge in [-0.3, -0.25) is 4.79 Å². The summed E-state index contributed by atoms with van der Waals surface area (Å²) in [5, 5.41) is 3.59. The van der Waals surface area contributed by atoms with E-state index in [4.69, 9.17) is 4.52 Å². The van der Waals surface area contributed by atoms with Crippen LogP contribution >= 0.6 is 0 Å². The second-order valence-electron chi connectivity index (χ2n) is 3.10. The first-order chi connectivity index (χ1) is 6.72. The molecular weight excluding hydrogens is 184 g/mol. The van der Waals surface area contributed by atoms with Gasteiger partial charge in [0.2, 0.25) is 0 Å². The number of aromatic nitrogens is 1. The Morgan fingerprint density at radius 2 is 2.50 bits per heavy atom. The monoisotopic (exact) mass is 198 g/mol. The predicted molar refractivity (Wildman–Crippen MR) is 49.5 cm³/mol. The molecule has 0 fully saturated rings. The Labute approximate surface area is 82.6 Å². The van der Waals surface area contributed by atoms with E-state index in [1.807, 2.05) is 11.9 Å². The highest BCUT2D eigenvalue weighted by atomic mass is 16.5. The number of methoxy groups -OCH3 is 1. The Bertz CT molecular complexity index is 272. The van der Waals surface area contributed by atoms with Crippen molar-refractivity contribution in [2.24, 2.45) is 0 Å². The van der Waals surface area contributed by atoms with E-state index in [-0.39, 0.29) is 5.97 Å². The van der Waals surface area contributed by atoms with E-state index < -0.39 is 0 Å². The third kappa shape index (κ3) is 3.57. The molecular formula is C9H14N2O3. The number of hydrogen-bond donors (Lipinski definition) is 0. The summed E-state index contributed by atoms with van der Waals surface area (Å²) in [6.45, 7) is 1.39. The van der Waals surface area contributed by atoms with Crippen LogP contribution in [0.15, 0.2) is 17.0 Å². The Morgan fingerprint density at radius 3 is 3.07 bits per heavy atom. The minimum Gasteiger partial charge on any atom is -0.469 e. The van der Waals surface area contributed by atoms with Crippen LogP contribution in [0.5, 0.6) is 0 Å². The fourth-order valence-corrected chi connectivity index (χ4v) is 1.08. The zero-order chi connectivity index (χ0) is 10.4. The summed E-state index contributed by atoms with van der Waals surface area (Å²) < 4.78 is 9.23. The molecule has 0 atom stereocenters. The van der Waals surface area contributed by atoms with Crippen molar-refractivity contribution >= 4 is 5.97 Å². The molecule has 0 amide bonds. The molecule has 0 aliphatic heterocycles. The van der Waals surface area contributed by atoms with Gasteiger partial charge in [-0.2, -0.15) is 0 Å².